The van der Waals surface area contributed by atoms with Crippen LogP contribution in [0.4, 0.5) is 5.69 Å². The second-order valence-electron chi connectivity index (χ2n) is 6.47. The number of thioether (sulfide) groups is 1. The largest absolute Gasteiger partial charge is 0.465 e. The number of halogens is 2. The van der Waals surface area contributed by atoms with Crippen molar-refractivity contribution in [3.8, 4) is 0 Å². The van der Waals surface area contributed by atoms with Gasteiger partial charge in [0.25, 0.3) is 5.69 Å². The first-order chi connectivity index (χ1) is 16.2. The van der Waals surface area contributed by atoms with Gasteiger partial charge in [-0.05, 0) is 68.3 Å². The fraction of sp³-hybridized carbons (Fsp3) is 0.130. The third-order valence-electron chi connectivity index (χ3n) is 4.29. The predicted octanol–water partition coefficient (Wildman–Crippen LogP) is 6.96. The molecule has 0 aliphatic carbocycles. The Hall–Kier alpha value is -2.34. The lowest BCUT2D eigenvalue weighted by atomic mass is 10.2. The van der Waals surface area contributed by atoms with Crippen molar-refractivity contribution in [2.45, 2.75) is 15.5 Å². The zero-order valence-corrected chi connectivity index (χ0v) is 22.9. The third-order valence-corrected chi connectivity index (χ3v) is 7.72. The highest BCUT2D eigenvalue weighted by Crippen LogP contribution is 2.33. The van der Waals surface area contributed by atoms with Crippen LogP contribution in [0, 0.1) is 10.1 Å². The van der Waals surface area contributed by atoms with E-state index in [0.29, 0.717) is 22.4 Å². The Kier molecular flexibility index (Phi) is 11.1. The van der Waals surface area contributed by atoms with E-state index in [9.17, 15) is 19.7 Å². The number of para-hydroxylation sites is 1. The van der Waals surface area contributed by atoms with Gasteiger partial charge in [-0.15, -0.1) is 24.4 Å². The number of nitro benzene ring substituents is 1. The fourth-order valence-electron chi connectivity index (χ4n) is 2.58. The van der Waals surface area contributed by atoms with Crippen molar-refractivity contribution in [2.75, 3.05) is 14.2 Å². The number of thiol groups is 1. The second kappa shape index (κ2) is 13.5. The first-order valence-corrected chi connectivity index (χ1v) is 12.5. The summed E-state index contributed by atoms with van der Waals surface area (Å²) >= 11 is 12.2. The number of ether oxygens (including phenoxy) is 2. The lowest BCUT2D eigenvalue weighted by Gasteiger charge is -2.07. The molecule has 0 spiro atoms. The van der Waals surface area contributed by atoms with Gasteiger partial charge in [0.05, 0.1) is 30.3 Å². The van der Waals surface area contributed by atoms with E-state index in [2.05, 4.69) is 49.2 Å². The molecule has 178 valence electrons. The van der Waals surface area contributed by atoms with Gasteiger partial charge in [-0.3, -0.25) is 10.1 Å². The van der Waals surface area contributed by atoms with Crippen LogP contribution < -0.4 is 0 Å². The molecule has 0 bridgehead atoms. The molecule has 0 atom stereocenters. The minimum absolute atomic E-state index is 0.0928. The molecule has 0 heterocycles. The molecule has 0 saturated carbocycles. The number of nitrogens with zero attached hydrogens (tertiary/aromatic N) is 1. The minimum atomic E-state index is -0.417. The average molecular weight is 629 g/mol. The molecule has 0 N–H and O–H groups in total. The van der Waals surface area contributed by atoms with Crippen LogP contribution in [0.5, 0.6) is 0 Å². The van der Waals surface area contributed by atoms with E-state index >= 15 is 0 Å². The number of benzene rings is 3. The average Bonchev–Trinajstić information content (AvgIpc) is 2.84. The smallest absolute Gasteiger partial charge is 0.337 e. The van der Waals surface area contributed by atoms with Gasteiger partial charge in [0.15, 0.2) is 0 Å². The second-order valence-corrected chi connectivity index (χ2v) is 9.68. The standard InChI is InChI=1S/C15H12BrNO4S.C8H7BrO2S/c1-21-15(18)10-6-7-12(16)14(8-10)22-9-11-4-2-3-5-13(11)17(19)20;1-11-8(10)5-2-3-6(9)7(12)4-5/h2-8H,9H2,1H3;2-4,12H,1H3. The summed E-state index contributed by atoms with van der Waals surface area (Å²) < 4.78 is 10.9. The Morgan fingerprint density at radius 2 is 1.50 bits per heavy atom. The van der Waals surface area contributed by atoms with E-state index < -0.39 is 10.9 Å². The van der Waals surface area contributed by atoms with Gasteiger partial charge in [0, 0.05) is 36.1 Å². The van der Waals surface area contributed by atoms with Crippen LogP contribution >= 0.6 is 56.3 Å². The molecule has 3 rings (SSSR count). The van der Waals surface area contributed by atoms with Crippen LogP contribution in [0.15, 0.2) is 79.4 Å². The summed E-state index contributed by atoms with van der Waals surface area (Å²) in [6.07, 6.45) is 0. The maximum Gasteiger partial charge on any atom is 0.337 e. The summed E-state index contributed by atoms with van der Waals surface area (Å²) in [5.74, 6) is -0.335. The Labute approximate surface area is 223 Å². The lowest BCUT2D eigenvalue weighted by molar-refractivity contribution is -0.385. The monoisotopic (exact) mass is 627 g/mol. The van der Waals surface area contributed by atoms with Crippen LogP contribution in [0.3, 0.4) is 0 Å². The van der Waals surface area contributed by atoms with Gasteiger partial charge in [-0.1, -0.05) is 18.2 Å². The Balaban J connectivity index is 0.000000287. The highest BCUT2D eigenvalue weighted by molar-refractivity contribution is 9.10. The molecule has 0 fully saturated rings. The summed E-state index contributed by atoms with van der Waals surface area (Å²) in [6.45, 7) is 0. The maximum atomic E-state index is 11.6. The molecular weight excluding hydrogens is 610 g/mol. The van der Waals surface area contributed by atoms with Crippen molar-refractivity contribution in [2.24, 2.45) is 0 Å². The van der Waals surface area contributed by atoms with E-state index in [1.54, 1.807) is 54.6 Å². The number of methoxy groups -OCH3 is 2. The molecule has 0 aliphatic rings. The number of nitro groups is 1. The molecule has 0 unspecified atom stereocenters. The van der Waals surface area contributed by atoms with Gasteiger partial charge in [0.2, 0.25) is 0 Å². The van der Waals surface area contributed by atoms with Crippen LogP contribution in [0.2, 0.25) is 0 Å². The molecule has 11 heteroatoms. The molecule has 34 heavy (non-hydrogen) atoms. The molecule has 3 aromatic rings. The van der Waals surface area contributed by atoms with Crippen LogP contribution in [0.1, 0.15) is 26.3 Å². The first-order valence-electron chi connectivity index (χ1n) is 9.47. The summed E-state index contributed by atoms with van der Waals surface area (Å²) in [7, 11) is 2.67. The fourth-order valence-corrected chi connectivity index (χ4v) is 4.60. The molecule has 0 aromatic heterocycles. The Morgan fingerprint density at radius 1 is 0.941 bits per heavy atom. The SMILES string of the molecule is COC(=O)c1ccc(Br)c(S)c1.COC(=O)c1ccc(Br)c(SCc2ccccc2[N+](=O)[O-])c1. The number of esters is 2. The van der Waals surface area contributed by atoms with Crippen molar-refractivity contribution in [3.05, 3.63) is 96.4 Å². The quantitative estimate of drug-likeness (QED) is 0.104. The number of carbonyl (C=O) groups excluding carboxylic acids is 2. The molecule has 7 nitrogen and oxygen atoms in total. The zero-order chi connectivity index (χ0) is 25.3. The van der Waals surface area contributed by atoms with Crippen molar-refractivity contribution in [1.29, 1.82) is 0 Å². The van der Waals surface area contributed by atoms with E-state index in [-0.39, 0.29) is 11.7 Å². The van der Waals surface area contributed by atoms with Crippen molar-refractivity contribution in [1.82, 2.24) is 0 Å². The Bertz CT molecular complexity index is 1210. The topological polar surface area (TPSA) is 95.7 Å². The first kappa shape index (κ1) is 27.9. The van der Waals surface area contributed by atoms with Crippen molar-refractivity contribution in [3.63, 3.8) is 0 Å². The zero-order valence-electron chi connectivity index (χ0n) is 18.0. The minimum Gasteiger partial charge on any atom is -0.465 e. The lowest BCUT2D eigenvalue weighted by Crippen LogP contribution is -2.01. The summed E-state index contributed by atoms with van der Waals surface area (Å²) in [5, 5.41) is 11.0. The summed E-state index contributed by atoms with van der Waals surface area (Å²) in [6, 6.07) is 16.8. The number of rotatable bonds is 6. The van der Waals surface area contributed by atoms with Gasteiger partial charge >= 0.3 is 11.9 Å². The number of hydrogen-bond donors (Lipinski definition) is 1. The molecule has 0 aliphatic heterocycles. The predicted molar refractivity (Wildman–Crippen MR) is 141 cm³/mol. The highest BCUT2D eigenvalue weighted by Gasteiger charge is 2.14. The number of hydrogen-bond acceptors (Lipinski definition) is 8. The van der Waals surface area contributed by atoms with Crippen molar-refractivity contribution >= 4 is 73.9 Å². The molecule has 0 saturated heterocycles. The van der Waals surface area contributed by atoms with Gasteiger partial charge in [0.1, 0.15) is 0 Å². The van der Waals surface area contributed by atoms with Gasteiger partial charge < -0.3 is 9.47 Å². The maximum absolute atomic E-state index is 11.6. The van der Waals surface area contributed by atoms with E-state index in [1.807, 2.05) is 0 Å². The van der Waals surface area contributed by atoms with Gasteiger partial charge in [-0.25, -0.2) is 9.59 Å². The van der Waals surface area contributed by atoms with Crippen LogP contribution in [-0.4, -0.2) is 31.1 Å². The third kappa shape index (κ3) is 7.86. The molecule has 0 amide bonds. The summed E-state index contributed by atoms with van der Waals surface area (Å²) in [4.78, 5) is 34.7. The van der Waals surface area contributed by atoms with E-state index in [0.717, 1.165) is 18.7 Å². The molecular formula is C23H19Br2NO6S2. The molecule has 0 radical (unpaired) electrons. The van der Waals surface area contributed by atoms with Gasteiger partial charge in [-0.2, -0.15) is 0 Å². The normalized spacial score (nSPS) is 10.0. The van der Waals surface area contributed by atoms with Crippen LogP contribution in [-0.2, 0) is 15.2 Å². The van der Waals surface area contributed by atoms with E-state index in [4.69, 9.17) is 4.74 Å². The summed E-state index contributed by atoms with van der Waals surface area (Å²) in [5.41, 5.74) is 1.67. The van der Waals surface area contributed by atoms with Crippen LogP contribution in [0.25, 0.3) is 0 Å². The Morgan fingerprint density at radius 3 is 2.06 bits per heavy atom. The van der Waals surface area contributed by atoms with E-state index in [1.165, 1.54) is 32.0 Å². The highest BCUT2D eigenvalue weighted by atomic mass is 79.9. The molecule has 3 aromatic carbocycles. The number of carbonyl (C=O) groups is 2. The van der Waals surface area contributed by atoms with Crippen molar-refractivity contribution < 1.29 is 24.0 Å².